The third-order valence-electron chi connectivity index (χ3n) is 3.83. The van der Waals surface area contributed by atoms with Gasteiger partial charge < -0.3 is 14.3 Å². The standard InChI is InChI=1S/C21H20O4/c1-21(2,23)12-11-16-18(24-3)10-9-15-17(22)13-19(25-20(15)16)14-7-5-4-6-8-14/h4-13,23H,1-3H3/b12-11+. The molecule has 4 nitrogen and oxygen atoms in total. The first-order chi connectivity index (χ1) is 11.9. The van der Waals surface area contributed by atoms with E-state index in [-0.39, 0.29) is 5.43 Å². The Morgan fingerprint density at radius 1 is 1.12 bits per heavy atom. The molecule has 1 heterocycles. The minimum absolute atomic E-state index is 0.124. The maximum Gasteiger partial charge on any atom is 0.193 e. The van der Waals surface area contributed by atoms with Gasteiger partial charge in [-0.2, -0.15) is 0 Å². The number of rotatable bonds is 4. The van der Waals surface area contributed by atoms with Crippen LogP contribution in [0.15, 0.2) is 63.8 Å². The van der Waals surface area contributed by atoms with Crippen LogP contribution in [0.25, 0.3) is 28.4 Å². The van der Waals surface area contributed by atoms with Gasteiger partial charge in [0.15, 0.2) is 5.43 Å². The van der Waals surface area contributed by atoms with Crippen molar-refractivity contribution in [1.29, 1.82) is 0 Å². The topological polar surface area (TPSA) is 59.7 Å². The van der Waals surface area contributed by atoms with Crippen LogP contribution in [0.3, 0.4) is 0 Å². The van der Waals surface area contributed by atoms with Crippen molar-refractivity contribution in [3.63, 3.8) is 0 Å². The average Bonchev–Trinajstić information content (AvgIpc) is 2.59. The Kier molecular flexibility index (Phi) is 4.47. The molecule has 25 heavy (non-hydrogen) atoms. The number of hydrogen-bond donors (Lipinski definition) is 1. The highest BCUT2D eigenvalue weighted by Crippen LogP contribution is 2.31. The lowest BCUT2D eigenvalue weighted by Crippen LogP contribution is -2.13. The lowest BCUT2D eigenvalue weighted by Gasteiger charge is -2.13. The van der Waals surface area contributed by atoms with Crippen LogP contribution in [0.5, 0.6) is 5.75 Å². The molecule has 3 aromatic rings. The van der Waals surface area contributed by atoms with E-state index in [1.54, 1.807) is 45.2 Å². The molecule has 3 rings (SSSR count). The molecule has 1 aromatic heterocycles. The van der Waals surface area contributed by atoms with Crippen LogP contribution in [0.2, 0.25) is 0 Å². The van der Waals surface area contributed by atoms with E-state index in [9.17, 15) is 9.90 Å². The fraction of sp³-hybridized carbons (Fsp3) is 0.190. The van der Waals surface area contributed by atoms with Gasteiger partial charge in [0.2, 0.25) is 0 Å². The zero-order valence-electron chi connectivity index (χ0n) is 14.4. The molecule has 0 aliphatic carbocycles. The number of benzene rings is 2. The number of methoxy groups -OCH3 is 1. The molecule has 0 atom stereocenters. The summed E-state index contributed by atoms with van der Waals surface area (Å²) in [5.74, 6) is 1.06. The number of fused-ring (bicyclic) bond motifs is 1. The molecular formula is C21H20O4. The lowest BCUT2D eigenvalue weighted by molar-refractivity contribution is 0.134. The van der Waals surface area contributed by atoms with E-state index < -0.39 is 5.60 Å². The zero-order chi connectivity index (χ0) is 18.0. The van der Waals surface area contributed by atoms with Gasteiger partial charge in [0.05, 0.1) is 23.7 Å². The average molecular weight is 336 g/mol. The SMILES string of the molecule is COc1ccc2c(=O)cc(-c3ccccc3)oc2c1/C=C/C(C)(C)O. The summed E-state index contributed by atoms with van der Waals surface area (Å²) in [6.45, 7) is 3.35. The van der Waals surface area contributed by atoms with Crippen molar-refractivity contribution in [3.05, 3.63) is 70.4 Å². The van der Waals surface area contributed by atoms with Gasteiger partial charge >= 0.3 is 0 Å². The van der Waals surface area contributed by atoms with E-state index in [1.165, 1.54) is 6.07 Å². The van der Waals surface area contributed by atoms with Crippen molar-refractivity contribution in [1.82, 2.24) is 0 Å². The Labute approximate surface area is 146 Å². The normalized spacial score (nSPS) is 12.0. The molecule has 2 aromatic carbocycles. The molecular weight excluding hydrogens is 316 g/mol. The van der Waals surface area contributed by atoms with Gasteiger partial charge in [-0.05, 0) is 32.1 Å². The first-order valence-corrected chi connectivity index (χ1v) is 8.01. The second-order valence-corrected chi connectivity index (χ2v) is 6.39. The maximum atomic E-state index is 12.6. The van der Waals surface area contributed by atoms with E-state index in [2.05, 4.69) is 0 Å². The number of ether oxygens (including phenoxy) is 1. The van der Waals surface area contributed by atoms with Gasteiger partial charge in [0.1, 0.15) is 17.1 Å². The van der Waals surface area contributed by atoms with Crippen LogP contribution in [0.4, 0.5) is 0 Å². The van der Waals surface area contributed by atoms with Crippen LogP contribution < -0.4 is 10.2 Å². The molecule has 128 valence electrons. The largest absolute Gasteiger partial charge is 0.496 e. The predicted molar refractivity (Wildman–Crippen MR) is 99.8 cm³/mol. The Hall–Kier alpha value is -2.85. The second-order valence-electron chi connectivity index (χ2n) is 6.39. The van der Waals surface area contributed by atoms with Crippen LogP contribution in [0.1, 0.15) is 19.4 Å². The van der Waals surface area contributed by atoms with Gasteiger partial charge in [-0.25, -0.2) is 0 Å². The first kappa shape index (κ1) is 17.0. The van der Waals surface area contributed by atoms with E-state index in [4.69, 9.17) is 9.15 Å². The van der Waals surface area contributed by atoms with Crippen LogP contribution in [0, 0.1) is 0 Å². The molecule has 0 aliphatic heterocycles. The van der Waals surface area contributed by atoms with Crippen molar-refractivity contribution < 1.29 is 14.3 Å². The Balaban J connectivity index is 2.30. The molecule has 0 spiro atoms. The maximum absolute atomic E-state index is 12.6. The van der Waals surface area contributed by atoms with Crippen LogP contribution in [-0.2, 0) is 0 Å². The van der Waals surface area contributed by atoms with Gasteiger partial charge in [-0.1, -0.05) is 36.4 Å². The summed E-state index contributed by atoms with van der Waals surface area (Å²) in [6.07, 6.45) is 3.36. The fourth-order valence-electron chi connectivity index (χ4n) is 2.59. The quantitative estimate of drug-likeness (QED) is 0.773. The summed E-state index contributed by atoms with van der Waals surface area (Å²) in [4.78, 5) is 12.6. The van der Waals surface area contributed by atoms with Crippen molar-refractivity contribution in [2.75, 3.05) is 7.11 Å². The summed E-state index contributed by atoms with van der Waals surface area (Å²) in [6, 6.07) is 14.4. The first-order valence-electron chi connectivity index (χ1n) is 8.01. The summed E-state index contributed by atoms with van der Waals surface area (Å²) in [5, 5.41) is 10.5. The van der Waals surface area contributed by atoms with Crippen LogP contribution in [-0.4, -0.2) is 17.8 Å². The van der Waals surface area contributed by atoms with Crippen molar-refractivity contribution >= 4 is 17.0 Å². The third kappa shape index (κ3) is 3.64. The Morgan fingerprint density at radius 3 is 2.48 bits per heavy atom. The molecule has 0 unspecified atom stereocenters. The molecule has 0 amide bonds. The summed E-state index contributed by atoms with van der Waals surface area (Å²) in [7, 11) is 1.56. The van der Waals surface area contributed by atoms with Crippen LogP contribution >= 0.6 is 0 Å². The Morgan fingerprint density at radius 2 is 1.84 bits per heavy atom. The molecule has 1 N–H and O–H groups in total. The Bertz CT molecular complexity index is 976. The van der Waals surface area contributed by atoms with E-state index in [0.29, 0.717) is 28.0 Å². The summed E-state index contributed by atoms with van der Waals surface area (Å²) < 4.78 is 11.5. The second kappa shape index (κ2) is 6.57. The van der Waals surface area contributed by atoms with Gasteiger partial charge in [-0.3, -0.25) is 4.79 Å². The van der Waals surface area contributed by atoms with E-state index >= 15 is 0 Å². The molecule has 0 fully saturated rings. The molecule has 0 radical (unpaired) electrons. The molecule has 0 aliphatic rings. The molecule has 0 saturated heterocycles. The number of aliphatic hydroxyl groups is 1. The molecule has 4 heteroatoms. The minimum atomic E-state index is -0.996. The van der Waals surface area contributed by atoms with E-state index in [0.717, 1.165) is 5.56 Å². The van der Waals surface area contributed by atoms with Crippen molar-refractivity contribution in [2.24, 2.45) is 0 Å². The number of hydrogen-bond acceptors (Lipinski definition) is 4. The highest BCUT2D eigenvalue weighted by Gasteiger charge is 2.15. The molecule has 0 bridgehead atoms. The zero-order valence-corrected chi connectivity index (χ0v) is 14.4. The highest BCUT2D eigenvalue weighted by molar-refractivity contribution is 5.89. The van der Waals surface area contributed by atoms with Crippen molar-refractivity contribution in [3.8, 4) is 17.1 Å². The highest BCUT2D eigenvalue weighted by atomic mass is 16.5. The van der Waals surface area contributed by atoms with E-state index in [1.807, 2.05) is 30.3 Å². The fourth-order valence-corrected chi connectivity index (χ4v) is 2.59. The van der Waals surface area contributed by atoms with Gasteiger partial charge in [0.25, 0.3) is 0 Å². The monoisotopic (exact) mass is 336 g/mol. The predicted octanol–water partition coefficient (Wildman–Crippen LogP) is 4.25. The minimum Gasteiger partial charge on any atom is -0.496 e. The molecule has 0 saturated carbocycles. The lowest BCUT2D eigenvalue weighted by atomic mass is 10.0. The van der Waals surface area contributed by atoms with Gasteiger partial charge in [-0.15, -0.1) is 0 Å². The smallest absolute Gasteiger partial charge is 0.193 e. The summed E-state index contributed by atoms with van der Waals surface area (Å²) in [5.41, 5.74) is 0.760. The summed E-state index contributed by atoms with van der Waals surface area (Å²) >= 11 is 0. The van der Waals surface area contributed by atoms with Gasteiger partial charge in [0, 0.05) is 11.6 Å². The third-order valence-corrected chi connectivity index (χ3v) is 3.83. The van der Waals surface area contributed by atoms with Crippen molar-refractivity contribution in [2.45, 2.75) is 19.4 Å².